The number of hydrogen-bond acceptors (Lipinski definition) is 8. The predicted molar refractivity (Wildman–Crippen MR) is 151 cm³/mol. The van der Waals surface area contributed by atoms with E-state index in [0.717, 1.165) is 18.5 Å². The van der Waals surface area contributed by atoms with E-state index < -0.39 is 9.84 Å². The average Bonchev–Trinajstić information content (AvgIpc) is 2.94. The smallest absolute Gasteiger partial charge is 0.242 e. The third-order valence-electron chi connectivity index (χ3n) is 8.27. The van der Waals surface area contributed by atoms with Crippen LogP contribution in [0.15, 0.2) is 30.6 Å². The highest BCUT2D eigenvalue weighted by Gasteiger charge is 2.31. The van der Waals surface area contributed by atoms with Gasteiger partial charge in [0.25, 0.3) is 0 Å². The molecule has 2 amide bonds. The van der Waals surface area contributed by atoms with Gasteiger partial charge < -0.3 is 19.6 Å². The first-order valence-corrected chi connectivity index (χ1v) is 15.9. The summed E-state index contributed by atoms with van der Waals surface area (Å²) in [5.41, 5.74) is 2.20. The number of rotatable bonds is 6. The van der Waals surface area contributed by atoms with Crippen molar-refractivity contribution < 1.29 is 22.4 Å². The highest BCUT2D eigenvalue weighted by molar-refractivity contribution is 7.91. The quantitative estimate of drug-likeness (QED) is 0.519. The Hall–Kier alpha value is -3.28. The zero-order valence-electron chi connectivity index (χ0n) is 23.1. The number of sulfone groups is 1. The Bertz CT molecular complexity index is 1350. The number of carbonyl (C=O) groups excluding carboxylic acids is 2. The molecule has 1 unspecified atom stereocenters. The summed E-state index contributed by atoms with van der Waals surface area (Å²) in [7, 11) is -3.06. The maximum absolute atomic E-state index is 14.4. The van der Waals surface area contributed by atoms with Crippen LogP contribution in [0.4, 0.5) is 16.0 Å². The molecule has 4 heterocycles. The average molecular weight is 573 g/mol. The van der Waals surface area contributed by atoms with Gasteiger partial charge in [-0.1, -0.05) is 0 Å². The number of hydrogen-bond donors (Lipinski definition) is 0. The van der Waals surface area contributed by atoms with Crippen LogP contribution >= 0.6 is 0 Å². The predicted octanol–water partition coefficient (Wildman–Crippen LogP) is 2.35. The molecular formula is C28H37FN6O4S. The van der Waals surface area contributed by atoms with Gasteiger partial charge in [-0.3, -0.25) is 9.59 Å². The number of benzene rings is 1. The fourth-order valence-electron chi connectivity index (χ4n) is 5.95. The zero-order valence-corrected chi connectivity index (χ0v) is 23.9. The lowest BCUT2D eigenvalue weighted by Crippen LogP contribution is -2.56. The molecule has 3 fully saturated rings. The number of anilines is 2. The van der Waals surface area contributed by atoms with Crippen LogP contribution in [0.2, 0.25) is 0 Å². The molecule has 0 spiro atoms. The molecule has 0 radical (unpaired) electrons. The first-order chi connectivity index (χ1) is 19.1. The molecule has 216 valence electrons. The zero-order chi connectivity index (χ0) is 28.4. The number of amides is 2. The second-order valence-electron chi connectivity index (χ2n) is 11.1. The van der Waals surface area contributed by atoms with E-state index in [-0.39, 0.29) is 35.5 Å². The van der Waals surface area contributed by atoms with E-state index >= 15 is 0 Å². The standard InChI is InChI=1S/C28H37FN6O4S/c1-20-18-33(13-14-35(20)27(37)19-34-10-4-3-5-26(34)36)25-7-6-22(29)15-24(25)21-16-30-28(31-17-21)32-11-8-23(9-12-32)40(2,38)39/h6-7,15-17,20,23H,3-5,8-14,18-19H2,1-2H3. The maximum atomic E-state index is 14.4. The van der Waals surface area contributed by atoms with Gasteiger partial charge in [-0.2, -0.15) is 0 Å². The summed E-state index contributed by atoms with van der Waals surface area (Å²) in [4.78, 5) is 41.9. The van der Waals surface area contributed by atoms with Crippen LogP contribution in [0.5, 0.6) is 0 Å². The summed E-state index contributed by atoms with van der Waals surface area (Å²) < 4.78 is 38.1. The van der Waals surface area contributed by atoms with Gasteiger partial charge in [0.2, 0.25) is 17.8 Å². The minimum atomic E-state index is -3.06. The molecule has 0 N–H and O–H groups in total. The molecular weight excluding hydrogens is 535 g/mol. The molecule has 3 aliphatic heterocycles. The van der Waals surface area contributed by atoms with Crippen LogP contribution in [-0.4, -0.2) is 103 Å². The molecule has 0 saturated carbocycles. The first-order valence-electron chi connectivity index (χ1n) is 14.0. The van der Waals surface area contributed by atoms with E-state index in [1.165, 1.54) is 18.4 Å². The van der Waals surface area contributed by atoms with Crippen LogP contribution in [0.3, 0.4) is 0 Å². The van der Waals surface area contributed by atoms with Crippen LogP contribution in [0.1, 0.15) is 39.0 Å². The van der Waals surface area contributed by atoms with Gasteiger partial charge in [0.15, 0.2) is 0 Å². The Labute approximate surface area is 235 Å². The molecule has 0 bridgehead atoms. The third kappa shape index (κ3) is 6.21. The third-order valence-corrected chi connectivity index (χ3v) is 9.96. The maximum Gasteiger partial charge on any atom is 0.242 e. The highest BCUT2D eigenvalue weighted by atomic mass is 32.2. The van der Waals surface area contributed by atoms with Crippen LogP contribution in [0, 0.1) is 5.82 Å². The van der Waals surface area contributed by atoms with Gasteiger partial charge >= 0.3 is 0 Å². The first kappa shape index (κ1) is 28.3. The number of carbonyl (C=O) groups is 2. The van der Waals surface area contributed by atoms with Gasteiger partial charge in [0.1, 0.15) is 15.7 Å². The normalized spacial score (nSPS) is 21.2. The minimum Gasteiger partial charge on any atom is -0.367 e. The summed E-state index contributed by atoms with van der Waals surface area (Å²) in [6, 6.07) is 4.60. The van der Waals surface area contributed by atoms with Crippen LogP contribution in [0.25, 0.3) is 11.1 Å². The number of aromatic nitrogens is 2. The summed E-state index contributed by atoms with van der Waals surface area (Å²) in [5, 5.41) is -0.330. The van der Waals surface area contributed by atoms with Crippen molar-refractivity contribution in [1.82, 2.24) is 19.8 Å². The molecule has 3 aliphatic rings. The summed E-state index contributed by atoms with van der Waals surface area (Å²) in [6.07, 6.45) is 8.06. The minimum absolute atomic E-state index is 0.0358. The van der Waals surface area contributed by atoms with Crippen LogP contribution in [-0.2, 0) is 19.4 Å². The van der Waals surface area contributed by atoms with E-state index in [9.17, 15) is 22.4 Å². The van der Waals surface area contributed by atoms with Gasteiger partial charge in [-0.05, 0) is 50.8 Å². The summed E-state index contributed by atoms with van der Waals surface area (Å²) in [6.45, 7) is 5.56. The number of likely N-dealkylation sites (tertiary alicyclic amines) is 1. The van der Waals surface area contributed by atoms with Crippen molar-refractivity contribution in [3.8, 4) is 11.1 Å². The number of halogens is 1. The van der Waals surface area contributed by atoms with Crippen LogP contribution < -0.4 is 9.80 Å². The lowest BCUT2D eigenvalue weighted by Gasteiger charge is -2.42. The molecule has 3 saturated heterocycles. The van der Waals surface area contributed by atoms with Crippen molar-refractivity contribution in [3.05, 3.63) is 36.4 Å². The number of piperidine rings is 2. The second-order valence-corrected chi connectivity index (χ2v) is 13.4. The molecule has 2 aromatic rings. The van der Waals surface area contributed by atoms with E-state index in [1.807, 2.05) is 16.7 Å². The Balaban J connectivity index is 1.26. The van der Waals surface area contributed by atoms with Crippen molar-refractivity contribution in [2.24, 2.45) is 0 Å². The highest BCUT2D eigenvalue weighted by Crippen LogP contribution is 2.33. The Morgan fingerprint density at radius 1 is 1.02 bits per heavy atom. The summed E-state index contributed by atoms with van der Waals surface area (Å²) >= 11 is 0. The van der Waals surface area contributed by atoms with Crippen molar-refractivity contribution in [3.63, 3.8) is 0 Å². The van der Waals surface area contributed by atoms with E-state index in [1.54, 1.807) is 23.4 Å². The van der Waals surface area contributed by atoms with Crippen molar-refractivity contribution >= 4 is 33.3 Å². The van der Waals surface area contributed by atoms with Crippen molar-refractivity contribution in [2.45, 2.75) is 50.3 Å². The lowest BCUT2D eigenvalue weighted by molar-refractivity contribution is -0.143. The molecule has 5 rings (SSSR count). The largest absolute Gasteiger partial charge is 0.367 e. The SMILES string of the molecule is CC1CN(c2ccc(F)cc2-c2cnc(N3CCC(S(C)(=O)=O)CC3)nc2)CCN1C(=O)CN1CCCCC1=O. The van der Waals surface area contributed by atoms with E-state index in [0.29, 0.717) is 75.6 Å². The van der Waals surface area contributed by atoms with Gasteiger partial charge in [0.05, 0.1) is 11.8 Å². The molecule has 10 nitrogen and oxygen atoms in total. The van der Waals surface area contributed by atoms with Crippen molar-refractivity contribution in [1.29, 1.82) is 0 Å². The van der Waals surface area contributed by atoms with Crippen molar-refractivity contribution in [2.75, 3.05) is 61.9 Å². The van der Waals surface area contributed by atoms with Gasteiger partial charge in [-0.25, -0.2) is 22.8 Å². The monoisotopic (exact) mass is 572 g/mol. The molecule has 1 aromatic carbocycles. The van der Waals surface area contributed by atoms with Gasteiger partial charge in [-0.15, -0.1) is 0 Å². The molecule has 40 heavy (non-hydrogen) atoms. The lowest BCUT2D eigenvalue weighted by atomic mass is 10.0. The van der Waals surface area contributed by atoms with E-state index in [2.05, 4.69) is 14.9 Å². The molecule has 1 aromatic heterocycles. The Morgan fingerprint density at radius 2 is 1.75 bits per heavy atom. The Morgan fingerprint density at radius 3 is 2.40 bits per heavy atom. The second kappa shape index (κ2) is 11.7. The summed E-state index contributed by atoms with van der Waals surface area (Å²) in [5.74, 6) is 0.181. The topological polar surface area (TPSA) is 107 Å². The molecule has 0 aliphatic carbocycles. The molecule has 12 heteroatoms. The number of nitrogens with zero attached hydrogens (tertiary/aromatic N) is 6. The fraction of sp³-hybridized carbons (Fsp3) is 0.571. The Kier molecular flexibility index (Phi) is 8.25. The fourth-order valence-corrected chi connectivity index (χ4v) is 7.02. The molecule has 1 atom stereocenters. The van der Waals surface area contributed by atoms with E-state index in [4.69, 9.17) is 0 Å². The van der Waals surface area contributed by atoms with Gasteiger partial charge in [0, 0.05) is 87.2 Å². The number of piperazine rings is 1.